The fourth-order valence-electron chi connectivity index (χ4n) is 1.23. The Morgan fingerprint density at radius 1 is 1.27 bits per heavy atom. The number of thiocyanates is 2. The molecule has 0 fully saturated rings. The Morgan fingerprint density at radius 2 is 2.00 bits per heavy atom. The molecule has 5 heteroatoms. The monoisotopic (exact) mass is 349 g/mol. The summed E-state index contributed by atoms with van der Waals surface area (Å²) in [7, 11) is 1.57. The van der Waals surface area contributed by atoms with Crippen molar-refractivity contribution in [1.82, 2.24) is 0 Å². The van der Waals surface area contributed by atoms with Crippen molar-refractivity contribution in [2.45, 2.75) is 47.2 Å². The van der Waals surface area contributed by atoms with Gasteiger partial charge in [-0.2, -0.15) is 0 Å². The molecule has 0 saturated heterocycles. The van der Waals surface area contributed by atoms with Gasteiger partial charge in [0.15, 0.2) is 0 Å². The molecule has 83 valence electrons. The van der Waals surface area contributed by atoms with E-state index in [0.29, 0.717) is 5.25 Å². The maximum atomic E-state index is 8.74. The first-order valence-electron chi connectivity index (χ1n) is 5.23. The van der Waals surface area contributed by atoms with Gasteiger partial charge in [0.1, 0.15) is 0 Å². The first-order valence-corrected chi connectivity index (χ1v) is 14.5. The molecule has 0 aromatic heterocycles. The molecule has 1 atom stereocenters. The van der Waals surface area contributed by atoms with E-state index in [9.17, 15) is 0 Å². The standard InChI is InChI=1S/C5H8NS.C4H9.CHNS.Sn/c1-3-5(2)7-4-6;1-3-4-2;2-1-3;/h5H,2-3H2,1H3;1,3-4H2,2H3;3H;/q;;;+1/p-1. The number of nitrogens with zero attached hydrogens (tertiary/aromatic N) is 2. The summed E-state index contributed by atoms with van der Waals surface area (Å²) in [4.78, 5) is 0. The van der Waals surface area contributed by atoms with E-state index in [1.54, 1.807) is 8.95 Å². The first-order chi connectivity index (χ1) is 7.28. The van der Waals surface area contributed by atoms with Crippen molar-refractivity contribution < 1.29 is 0 Å². The van der Waals surface area contributed by atoms with E-state index >= 15 is 0 Å². The van der Waals surface area contributed by atoms with Gasteiger partial charge in [-0.15, -0.1) is 0 Å². The summed E-state index contributed by atoms with van der Waals surface area (Å²) in [5, 5.41) is 22.3. The van der Waals surface area contributed by atoms with Gasteiger partial charge >= 0.3 is 108 Å². The minimum absolute atomic E-state index is 0.474. The zero-order valence-corrected chi connectivity index (χ0v) is 13.8. The number of unbranched alkanes of at least 4 members (excludes halogenated alkanes) is 1. The van der Waals surface area contributed by atoms with Gasteiger partial charge in [0.05, 0.1) is 0 Å². The summed E-state index contributed by atoms with van der Waals surface area (Å²) in [6.07, 6.45) is 3.54. The van der Waals surface area contributed by atoms with Gasteiger partial charge < -0.3 is 0 Å². The van der Waals surface area contributed by atoms with Crippen molar-refractivity contribution in [3.63, 3.8) is 0 Å². The quantitative estimate of drug-likeness (QED) is 0.492. The Balaban J connectivity index is 4.01. The summed E-state index contributed by atoms with van der Waals surface area (Å²) in [5.74, 6) is 0. The number of rotatable bonds is 8. The Hall–Kier alpha value is 0.479. The Labute approximate surface area is 107 Å². The number of hydrogen-bond acceptors (Lipinski definition) is 4. The second-order valence-electron chi connectivity index (χ2n) is 3.28. The molecular formula is C10H17N2S2Sn. The van der Waals surface area contributed by atoms with Gasteiger partial charge in [0.25, 0.3) is 0 Å². The molecule has 0 N–H and O–H groups in total. The second-order valence-corrected chi connectivity index (χ2v) is 16.0. The SMILES string of the molecule is CCC[CH2][Sn]([CH2]C(CC)SC#N)[S]C#N. The van der Waals surface area contributed by atoms with Gasteiger partial charge in [-0.3, -0.25) is 0 Å². The van der Waals surface area contributed by atoms with Crippen molar-refractivity contribution in [1.29, 1.82) is 10.5 Å². The summed E-state index contributed by atoms with van der Waals surface area (Å²) in [6.45, 7) is 4.33. The minimum atomic E-state index is -1.55. The fraction of sp³-hybridized carbons (Fsp3) is 0.800. The van der Waals surface area contributed by atoms with Crippen LogP contribution in [-0.4, -0.2) is 23.6 Å². The maximum absolute atomic E-state index is 8.74. The number of nitriles is 2. The van der Waals surface area contributed by atoms with Crippen LogP contribution in [0.1, 0.15) is 33.1 Å². The molecule has 0 aliphatic carbocycles. The Kier molecular flexibility index (Phi) is 11.3. The third kappa shape index (κ3) is 8.30. The van der Waals surface area contributed by atoms with Crippen LogP contribution in [0, 0.1) is 21.3 Å². The molecule has 0 spiro atoms. The summed E-state index contributed by atoms with van der Waals surface area (Å²) in [5.41, 5.74) is 0. The molecule has 1 radical (unpaired) electrons. The zero-order chi connectivity index (χ0) is 11.5. The van der Waals surface area contributed by atoms with E-state index in [4.69, 9.17) is 10.5 Å². The molecular weight excluding hydrogens is 331 g/mol. The normalized spacial score (nSPS) is 12.1. The predicted octanol–water partition coefficient (Wildman–Crippen LogP) is 3.99. The van der Waals surface area contributed by atoms with Crippen molar-refractivity contribution in [3.8, 4) is 10.8 Å². The molecule has 0 bridgehead atoms. The van der Waals surface area contributed by atoms with Crippen molar-refractivity contribution in [2.24, 2.45) is 0 Å². The van der Waals surface area contributed by atoms with Crippen LogP contribution < -0.4 is 0 Å². The van der Waals surface area contributed by atoms with E-state index in [0.717, 1.165) is 6.42 Å². The van der Waals surface area contributed by atoms with Crippen LogP contribution in [0.2, 0.25) is 8.87 Å². The van der Waals surface area contributed by atoms with Crippen LogP contribution in [0.25, 0.3) is 0 Å². The molecule has 0 aliphatic rings. The van der Waals surface area contributed by atoms with Crippen LogP contribution >= 0.6 is 20.7 Å². The van der Waals surface area contributed by atoms with E-state index in [1.807, 2.05) is 0 Å². The molecule has 15 heavy (non-hydrogen) atoms. The topological polar surface area (TPSA) is 47.6 Å². The molecule has 0 amide bonds. The van der Waals surface area contributed by atoms with Gasteiger partial charge in [-0.1, -0.05) is 0 Å². The predicted molar refractivity (Wildman–Crippen MR) is 70.8 cm³/mol. The second kappa shape index (κ2) is 11.0. The molecule has 0 saturated carbocycles. The zero-order valence-electron chi connectivity index (χ0n) is 9.32. The molecule has 0 aromatic carbocycles. The Morgan fingerprint density at radius 3 is 2.47 bits per heavy atom. The molecule has 0 heterocycles. The molecule has 2 nitrogen and oxygen atoms in total. The van der Waals surface area contributed by atoms with Crippen LogP contribution in [-0.2, 0) is 0 Å². The number of thioether (sulfide) groups is 1. The van der Waals surface area contributed by atoms with Gasteiger partial charge in [0, 0.05) is 0 Å². The summed E-state index contributed by atoms with van der Waals surface area (Å²) >= 11 is -0.152. The number of hydrogen-bond donors (Lipinski definition) is 0. The van der Waals surface area contributed by atoms with Gasteiger partial charge in [-0.05, 0) is 0 Å². The summed E-state index contributed by atoms with van der Waals surface area (Å²) in [6, 6.07) is 0. The average Bonchev–Trinajstić information content (AvgIpc) is 2.25. The van der Waals surface area contributed by atoms with Crippen LogP contribution in [0.3, 0.4) is 0 Å². The van der Waals surface area contributed by atoms with E-state index in [1.165, 1.54) is 33.5 Å². The molecule has 0 aromatic rings. The van der Waals surface area contributed by atoms with Crippen LogP contribution in [0.15, 0.2) is 0 Å². The van der Waals surface area contributed by atoms with E-state index in [2.05, 4.69) is 24.6 Å². The van der Waals surface area contributed by atoms with E-state index in [-0.39, 0.29) is 0 Å². The van der Waals surface area contributed by atoms with Crippen LogP contribution in [0.4, 0.5) is 0 Å². The van der Waals surface area contributed by atoms with Crippen LogP contribution in [0.5, 0.6) is 0 Å². The average molecular weight is 348 g/mol. The molecule has 0 rings (SSSR count). The van der Waals surface area contributed by atoms with Gasteiger partial charge in [0.2, 0.25) is 0 Å². The van der Waals surface area contributed by atoms with E-state index < -0.39 is 18.4 Å². The fourth-order valence-corrected chi connectivity index (χ4v) is 14.7. The third-order valence-electron chi connectivity index (χ3n) is 2.13. The molecule has 1 unspecified atom stereocenters. The first kappa shape index (κ1) is 15.5. The third-order valence-corrected chi connectivity index (χ3v) is 15.3. The Bertz CT molecular complexity index is 235. The van der Waals surface area contributed by atoms with Crippen molar-refractivity contribution in [3.05, 3.63) is 0 Å². The van der Waals surface area contributed by atoms with Crippen molar-refractivity contribution in [2.75, 3.05) is 0 Å². The summed E-state index contributed by atoms with van der Waals surface area (Å²) < 4.78 is 2.47. The molecule has 0 aliphatic heterocycles. The van der Waals surface area contributed by atoms with Gasteiger partial charge in [-0.25, -0.2) is 0 Å². The van der Waals surface area contributed by atoms with Crippen molar-refractivity contribution >= 4 is 39.1 Å².